The lowest BCUT2D eigenvalue weighted by molar-refractivity contribution is -0.131. The van der Waals surface area contributed by atoms with Crippen molar-refractivity contribution >= 4 is 23.4 Å². The maximum absolute atomic E-state index is 12.3. The second-order valence-electron chi connectivity index (χ2n) is 6.44. The first-order valence-electron chi connectivity index (χ1n) is 8.53. The summed E-state index contributed by atoms with van der Waals surface area (Å²) in [6.07, 6.45) is 0.435. The molecule has 1 aliphatic heterocycles. The number of carbonyl (C=O) groups excluding carboxylic acids is 3. The van der Waals surface area contributed by atoms with Crippen molar-refractivity contribution in [3.63, 3.8) is 0 Å². The molecule has 0 aromatic heterocycles. The lowest BCUT2D eigenvalue weighted by Gasteiger charge is -2.20. The van der Waals surface area contributed by atoms with Gasteiger partial charge in [-0.2, -0.15) is 0 Å². The van der Waals surface area contributed by atoms with Crippen LogP contribution in [-0.4, -0.2) is 30.9 Å². The first-order valence-corrected chi connectivity index (χ1v) is 8.53. The van der Waals surface area contributed by atoms with E-state index in [0.717, 1.165) is 0 Å². The van der Waals surface area contributed by atoms with Crippen molar-refractivity contribution in [3.05, 3.63) is 24.3 Å². The van der Waals surface area contributed by atoms with Gasteiger partial charge in [-0.15, -0.1) is 0 Å². The van der Waals surface area contributed by atoms with Crippen LogP contribution >= 0.6 is 0 Å². The normalized spacial score (nSPS) is 16.9. The smallest absolute Gasteiger partial charge is 0.243 e. The number of nitrogens with one attached hydrogen (secondary N) is 2. The summed E-state index contributed by atoms with van der Waals surface area (Å²) in [5, 5.41) is 0. The Labute approximate surface area is 147 Å². The van der Waals surface area contributed by atoms with Crippen molar-refractivity contribution in [2.24, 2.45) is 11.8 Å². The van der Waals surface area contributed by atoms with E-state index < -0.39 is 5.92 Å². The molecule has 136 valence electrons. The molecule has 1 aliphatic rings. The molecule has 1 heterocycles. The van der Waals surface area contributed by atoms with Crippen molar-refractivity contribution in [1.82, 2.24) is 10.9 Å². The highest BCUT2D eigenvalue weighted by Gasteiger charge is 2.36. The minimum Gasteiger partial charge on any atom is -0.492 e. The Kier molecular flexibility index (Phi) is 6.38. The lowest BCUT2D eigenvalue weighted by Crippen LogP contribution is -2.45. The van der Waals surface area contributed by atoms with Crippen LogP contribution in [0.4, 0.5) is 5.69 Å². The summed E-state index contributed by atoms with van der Waals surface area (Å²) in [5.74, 6) is -0.435. The van der Waals surface area contributed by atoms with Gasteiger partial charge < -0.3 is 9.64 Å². The van der Waals surface area contributed by atoms with Crippen LogP contribution < -0.4 is 20.5 Å². The molecule has 1 aromatic rings. The molecule has 1 aromatic carbocycles. The van der Waals surface area contributed by atoms with Gasteiger partial charge in [-0.3, -0.25) is 25.2 Å². The summed E-state index contributed by atoms with van der Waals surface area (Å²) in [6, 6.07) is 7.26. The third-order valence-corrected chi connectivity index (χ3v) is 3.87. The molecule has 2 rings (SSSR count). The van der Waals surface area contributed by atoms with E-state index in [1.165, 1.54) is 0 Å². The minimum atomic E-state index is -0.512. The van der Waals surface area contributed by atoms with Crippen molar-refractivity contribution in [3.8, 4) is 5.75 Å². The van der Waals surface area contributed by atoms with Crippen LogP contribution in [0.2, 0.25) is 0 Å². The van der Waals surface area contributed by atoms with Gasteiger partial charge in [0.15, 0.2) is 0 Å². The summed E-state index contributed by atoms with van der Waals surface area (Å²) < 4.78 is 5.56. The number of carbonyl (C=O) groups is 3. The molecule has 1 fully saturated rings. The zero-order chi connectivity index (χ0) is 18.4. The van der Waals surface area contributed by atoms with Gasteiger partial charge in [-0.25, -0.2) is 0 Å². The Balaban J connectivity index is 1.98. The fourth-order valence-electron chi connectivity index (χ4n) is 2.73. The van der Waals surface area contributed by atoms with E-state index in [9.17, 15) is 14.4 Å². The molecule has 0 radical (unpaired) electrons. The Morgan fingerprint density at radius 3 is 2.68 bits per heavy atom. The number of hydrogen-bond donors (Lipinski definition) is 2. The highest BCUT2D eigenvalue weighted by molar-refractivity contribution is 6.01. The van der Waals surface area contributed by atoms with Crippen molar-refractivity contribution in [2.45, 2.75) is 33.6 Å². The zero-order valence-corrected chi connectivity index (χ0v) is 14.9. The number of para-hydroxylation sites is 2. The van der Waals surface area contributed by atoms with Gasteiger partial charge in [0.05, 0.1) is 18.2 Å². The number of hydrogen-bond acceptors (Lipinski definition) is 4. The first-order chi connectivity index (χ1) is 11.9. The fourth-order valence-corrected chi connectivity index (χ4v) is 2.73. The molecule has 7 nitrogen and oxygen atoms in total. The summed E-state index contributed by atoms with van der Waals surface area (Å²) in [6.45, 7) is 6.47. The number of amides is 3. The molecule has 3 amide bonds. The summed E-state index contributed by atoms with van der Waals surface area (Å²) >= 11 is 0. The number of anilines is 1. The molecular formula is C18H25N3O4. The van der Waals surface area contributed by atoms with Crippen LogP contribution in [0, 0.1) is 11.8 Å². The molecule has 2 N–H and O–H groups in total. The summed E-state index contributed by atoms with van der Waals surface area (Å²) in [5.41, 5.74) is 5.47. The second-order valence-corrected chi connectivity index (χ2v) is 6.44. The van der Waals surface area contributed by atoms with Crippen molar-refractivity contribution < 1.29 is 19.1 Å². The Hall–Kier alpha value is -2.57. The molecule has 25 heavy (non-hydrogen) atoms. The largest absolute Gasteiger partial charge is 0.492 e. The first kappa shape index (κ1) is 18.8. The number of nitrogens with zero attached hydrogens (tertiary/aromatic N) is 1. The summed E-state index contributed by atoms with van der Waals surface area (Å²) in [4.78, 5) is 37.7. The number of rotatable bonds is 6. The third kappa shape index (κ3) is 4.95. The number of ether oxygens (including phenoxy) is 1. The molecular weight excluding hydrogens is 322 g/mol. The van der Waals surface area contributed by atoms with E-state index in [4.69, 9.17) is 4.74 Å². The molecule has 0 saturated carbocycles. The third-order valence-electron chi connectivity index (χ3n) is 3.87. The number of benzene rings is 1. The molecule has 1 saturated heterocycles. The predicted octanol–water partition coefficient (Wildman–Crippen LogP) is 1.63. The maximum atomic E-state index is 12.3. The lowest BCUT2D eigenvalue weighted by atomic mass is 10.1. The molecule has 0 bridgehead atoms. The predicted molar refractivity (Wildman–Crippen MR) is 93.8 cm³/mol. The van der Waals surface area contributed by atoms with Crippen LogP contribution in [0.5, 0.6) is 5.75 Å². The summed E-state index contributed by atoms with van der Waals surface area (Å²) in [7, 11) is 0. The maximum Gasteiger partial charge on any atom is 0.243 e. The quantitative estimate of drug-likeness (QED) is 0.766. The van der Waals surface area contributed by atoms with E-state index in [-0.39, 0.29) is 36.6 Å². The Morgan fingerprint density at radius 2 is 2.00 bits per heavy atom. The molecule has 0 aliphatic carbocycles. The van der Waals surface area contributed by atoms with Crippen LogP contribution in [-0.2, 0) is 14.4 Å². The van der Waals surface area contributed by atoms with Gasteiger partial charge in [-0.05, 0) is 25.0 Å². The highest BCUT2D eigenvalue weighted by Crippen LogP contribution is 2.33. The molecule has 0 spiro atoms. The topological polar surface area (TPSA) is 87.7 Å². The Bertz CT molecular complexity index is 645. The fraction of sp³-hybridized carbons (Fsp3) is 0.500. The van der Waals surface area contributed by atoms with Crippen LogP contribution in [0.3, 0.4) is 0 Å². The Morgan fingerprint density at radius 1 is 1.28 bits per heavy atom. The average molecular weight is 347 g/mol. The minimum absolute atomic E-state index is 0.104. The van der Waals surface area contributed by atoms with E-state index >= 15 is 0 Å². The number of hydrazine groups is 1. The van der Waals surface area contributed by atoms with E-state index in [1.807, 2.05) is 32.9 Å². The van der Waals surface area contributed by atoms with Crippen LogP contribution in [0.15, 0.2) is 24.3 Å². The molecule has 1 atom stereocenters. The van der Waals surface area contributed by atoms with Crippen molar-refractivity contribution in [1.29, 1.82) is 0 Å². The van der Waals surface area contributed by atoms with E-state index in [2.05, 4.69) is 10.9 Å². The van der Waals surface area contributed by atoms with Gasteiger partial charge in [0.25, 0.3) is 0 Å². The van der Waals surface area contributed by atoms with Crippen molar-refractivity contribution in [2.75, 3.05) is 18.1 Å². The van der Waals surface area contributed by atoms with Crippen LogP contribution in [0.25, 0.3) is 0 Å². The zero-order valence-electron chi connectivity index (χ0n) is 14.9. The van der Waals surface area contributed by atoms with Gasteiger partial charge in [0, 0.05) is 19.4 Å². The molecule has 7 heteroatoms. The van der Waals surface area contributed by atoms with E-state index in [1.54, 1.807) is 17.0 Å². The molecule has 1 unspecified atom stereocenters. The van der Waals surface area contributed by atoms with Gasteiger partial charge in [-0.1, -0.05) is 26.0 Å². The van der Waals surface area contributed by atoms with Gasteiger partial charge >= 0.3 is 0 Å². The van der Waals surface area contributed by atoms with Gasteiger partial charge in [0.1, 0.15) is 5.75 Å². The average Bonchev–Trinajstić information content (AvgIpc) is 2.94. The van der Waals surface area contributed by atoms with Crippen LogP contribution in [0.1, 0.15) is 33.6 Å². The second kappa shape index (κ2) is 8.50. The van der Waals surface area contributed by atoms with E-state index in [0.29, 0.717) is 24.5 Å². The standard InChI is InChI=1S/C18H25N3O4/c1-4-25-15-8-6-5-7-14(15)21-11-13(10-17(21)23)18(24)20-19-16(22)9-12(2)3/h5-8,12-13H,4,9-11H2,1-3H3,(H,19,22)(H,20,24). The SMILES string of the molecule is CCOc1ccccc1N1CC(C(=O)NNC(=O)CC(C)C)CC1=O. The van der Waals surface area contributed by atoms with Gasteiger partial charge in [0.2, 0.25) is 17.7 Å². The highest BCUT2D eigenvalue weighted by atomic mass is 16.5. The monoisotopic (exact) mass is 347 g/mol.